The molecule has 1 N–H and O–H groups in total. The van der Waals surface area contributed by atoms with Crippen LogP contribution in [-0.2, 0) is 13.0 Å². The lowest BCUT2D eigenvalue weighted by Crippen LogP contribution is -2.23. The first kappa shape index (κ1) is 12.5. The summed E-state index contributed by atoms with van der Waals surface area (Å²) in [4.78, 5) is 0. The number of fused-ring (bicyclic) bond motifs is 1. The van der Waals surface area contributed by atoms with Gasteiger partial charge in [-0.1, -0.05) is 17.7 Å². The van der Waals surface area contributed by atoms with Gasteiger partial charge in [-0.15, -0.1) is 0 Å². The van der Waals surface area contributed by atoms with Crippen LogP contribution in [0.1, 0.15) is 19.4 Å². The van der Waals surface area contributed by atoms with E-state index in [1.807, 2.05) is 19.2 Å². The van der Waals surface area contributed by atoms with Crippen molar-refractivity contribution >= 4 is 22.5 Å². The zero-order chi connectivity index (χ0) is 12.4. The van der Waals surface area contributed by atoms with Crippen LogP contribution in [0, 0.1) is 0 Å². The number of halogens is 1. The third kappa shape index (κ3) is 2.48. The number of rotatable bonds is 4. The highest BCUT2D eigenvalue weighted by molar-refractivity contribution is 6.31. The van der Waals surface area contributed by atoms with E-state index in [1.54, 1.807) is 0 Å². The molecule has 2 nitrogen and oxygen atoms in total. The zero-order valence-electron chi connectivity index (χ0n) is 10.6. The second kappa shape index (κ2) is 5.11. The molecule has 0 fully saturated rings. The van der Waals surface area contributed by atoms with Crippen molar-refractivity contribution in [2.45, 2.75) is 32.9 Å². The summed E-state index contributed by atoms with van der Waals surface area (Å²) in [5, 5.41) is 5.40. The normalized spacial score (nSPS) is 13.2. The van der Waals surface area contributed by atoms with Crippen molar-refractivity contribution in [3.63, 3.8) is 0 Å². The zero-order valence-corrected chi connectivity index (χ0v) is 11.4. The molecule has 1 aromatic heterocycles. The Morgan fingerprint density at radius 2 is 2.18 bits per heavy atom. The third-order valence-corrected chi connectivity index (χ3v) is 3.52. The predicted octanol–water partition coefficient (Wildman–Crippen LogP) is 3.47. The molecule has 17 heavy (non-hydrogen) atoms. The first-order chi connectivity index (χ1) is 8.15. The fraction of sp³-hybridized carbons (Fsp3) is 0.429. The van der Waals surface area contributed by atoms with Crippen LogP contribution < -0.4 is 5.32 Å². The van der Waals surface area contributed by atoms with E-state index >= 15 is 0 Å². The minimum atomic E-state index is 0.488. The molecule has 0 bridgehead atoms. The third-order valence-electron chi connectivity index (χ3n) is 3.29. The van der Waals surface area contributed by atoms with Crippen molar-refractivity contribution in [3.05, 3.63) is 35.0 Å². The van der Waals surface area contributed by atoms with Crippen LogP contribution in [-0.4, -0.2) is 17.7 Å². The van der Waals surface area contributed by atoms with E-state index in [0.717, 1.165) is 18.0 Å². The largest absolute Gasteiger partial charge is 0.347 e. The number of aromatic nitrogens is 1. The molecular formula is C14H19ClN2. The molecule has 2 aromatic rings. The maximum Gasteiger partial charge on any atom is 0.0497 e. The van der Waals surface area contributed by atoms with Gasteiger partial charge in [0, 0.05) is 34.7 Å². The van der Waals surface area contributed by atoms with Gasteiger partial charge in [0.2, 0.25) is 0 Å². The highest BCUT2D eigenvalue weighted by Crippen LogP contribution is 2.25. The topological polar surface area (TPSA) is 17.0 Å². The van der Waals surface area contributed by atoms with Gasteiger partial charge < -0.3 is 9.88 Å². The Bertz CT molecular complexity index is 516. The number of aryl methyl sites for hydroxylation is 1. The molecule has 0 aliphatic rings. The second-order valence-electron chi connectivity index (χ2n) is 4.50. The smallest absolute Gasteiger partial charge is 0.0497 e. The molecule has 1 aromatic carbocycles. The lowest BCUT2D eigenvalue weighted by atomic mass is 10.1. The van der Waals surface area contributed by atoms with Crippen LogP contribution in [0.25, 0.3) is 10.9 Å². The maximum atomic E-state index is 6.06. The van der Waals surface area contributed by atoms with Crippen molar-refractivity contribution in [2.75, 3.05) is 7.05 Å². The summed E-state index contributed by atoms with van der Waals surface area (Å²) in [5.41, 5.74) is 2.62. The average molecular weight is 251 g/mol. The Morgan fingerprint density at radius 3 is 2.82 bits per heavy atom. The van der Waals surface area contributed by atoms with E-state index < -0.39 is 0 Å². The Balaban J connectivity index is 2.49. The van der Waals surface area contributed by atoms with Crippen LogP contribution in [0.2, 0.25) is 5.02 Å². The van der Waals surface area contributed by atoms with Gasteiger partial charge in [0.05, 0.1) is 0 Å². The summed E-state index contributed by atoms with van der Waals surface area (Å²) in [6, 6.07) is 6.63. The van der Waals surface area contributed by atoms with Gasteiger partial charge in [0.25, 0.3) is 0 Å². The highest BCUT2D eigenvalue weighted by Gasteiger charge is 2.10. The first-order valence-corrected chi connectivity index (χ1v) is 6.48. The quantitative estimate of drug-likeness (QED) is 0.879. The van der Waals surface area contributed by atoms with Gasteiger partial charge in [-0.3, -0.25) is 0 Å². The van der Waals surface area contributed by atoms with E-state index in [1.165, 1.54) is 16.5 Å². The Hall–Kier alpha value is -0.990. The van der Waals surface area contributed by atoms with Crippen LogP contribution in [0.4, 0.5) is 0 Å². The molecule has 0 saturated carbocycles. The minimum Gasteiger partial charge on any atom is -0.347 e. The number of benzene rings is 1. The molecule has 1 atom stereocenters. The molecule has 0 radical (unpaired) electrons. The Labute approximate surface area is 108 Å². The number of nitrogens with one attached hydrogen (secondary N) is 1. The van der Waals surface area contributed by atoms with Crippen LogP contribution in [0.3, 0.4) is 0 Å². The van der Waals surface area contributed by atoms with Gasteiger partial charge in [-0.05, 0) is 45.0 Å². The molecule has 1 unspecified atom stereocenters. The predicted molar refractivity (Wildman–Crippen MR) is 74.8 cm³/mol. The van der Waals surface area contributed by atoms with Crippen LogP contribution in [0.15, 0.2) is 24.4 Å². The summed E-state index contributed by atoms with van der Waals surface area (Å²) in [7, 11) is 2.00. The molecule has 0 aliphatic heterocycles. The Morgan fingerprint density at radius 1 is 1.41 bits per heavy atom. The van der Waals surface area contributed by atoms with Crippen molar-refractivity contribution in [3.8, 4) is 0 Å². The van der Waals surface area contributed by atoms with Gasteiger partial charge in [0.1, 0.15) is 0 Å². The number of hydrogen-bond donors (Lipinski definition) is 1. The standard InChI is InChI=1S/C14H19ClN2/c1-4-17-9-11(7-10(2)16-3)13-6-5-12(15)8-14(13)17/h5-6,8-10,16H,4,7H2,1-3H3. The maximum absolute atomic E-state index is 6.06. The number of nitrogens with zero attached hydrogens (tertiary/aromatic N) is 1. The summed E-state index contributed by atoms with van der Waals surface area (Å²) in [5.74, 6) is 0. The Kier molecular flexibility index (Phi) is 3.75. The average Bonchev–Trinajstić information content (AvgIpc) is 2.66. The SMILES string of the molecule is CCn1cc(CC(C)NC)c2ccc(Cl)cc21. The van der Waals surface area contributed by atoms with Gasteiger partial charge in [0.15, 0.2) is 0 Å². The summed E-state index contributed by atoms with van der Waals surface area (Å²) >= 11 is 6.06. The molecule has 0 amide bonds. The molecule has 2 rings (SSSR count). The lowest BCUT2D eigenvalue weighted by molar-refractivity contribution is 0.609. The summed E-state index contributed by atoms with van der Waals surface area (Å²) < 4.78 is 2.26. The molecular weight excluding hydrogens is 232 g/mol. The number of likely N-dealkylation sites (N-methyl/N-ethyl adjacent to an activating group) is 1. The monoisotopic (exact) mass is 250 g/mol. The van der Waals surface area contributed by atoms with E-state index in [0.29, 0.717) is 6.04 Å². The summed E-state index contributed by atoms with van der Waals surface area (Å²) in [6.45, 7) is 5.33. The highest BCUT2D eigenvalue weighted by atomic mass is 35.5. The van der Waals surface area contributed by atoms with Gasteiger partial charge in [-0.25, -0.2) is 0 Å². The molecule has 0 saturated heterocycles. The summed E-state index contributed by atoms with van der Waals surface area (Å²) in [6.07, 6.45) is 3.29. The number of hydrogen-bond acceptors (Lipinski definition) is 1. The van der Waals surface area contributed by atoms with Crippen molar-refractivity contribution in [1.82, 2.24) is 9.88 Å². The van der Waals surface area contributed by atoms with E-state index in [4.69, 9.17) is 11.6 Å². The molecule has 92 valence electrons. The van der Waals surface area contributed by atoms with Crippen molar-refractivity contribution in [1.29, 1.82) is 0 Å². The molecule has 3 heteroatoms. The minimum absolute atomic E-state index is 0.488. The lowest BCUT2D eigenvalue weighted by Gasteiger charge is -2.08. The van der Waals surface area contributed by atoms with E-state index in [2.05, 4.69) is 36.0 Å². The molecule has 0 spiro atoms. The molecule has 0 aliphatic carbocycles. The van der Waals surface area contributed by atoms with E-state index in [9.17, 15) is 0 Å². The van der Waals surface area contributed by atoms with Gasteiger partial charge >= 0.3 is 0 Å². The van der Waals surface area contributed by atoms with Crippen LogP contribution >= 0.6 is 11.6 Å². The van der Waals surface area contributed by atoms with Gasteiger partial charge in [-0.2, -0.15) is 0 Å². The fourth-order valence-electron chi connectivity index (χ4n) is 2.20. The van der Waals surface area contributed by atoms with Crippen molar-refractivity contribution < 1.29 is 0 Å². The van der Waals surface area contributed by atoms with Crippen molar-refractivity contribution in [2.24, 2.45) is 0 Å². The van der Waals surface area contributed by atoms with E-state index in [-0.39, 0.29) is 0 Å². The fourth-order valence-corrected chi connectivity index (χ4v) is 2.36. The van der Waals surface area contributed by atoms with Crippen LogP contribution in [0.5, 0.6) is 0 Å². The molecule has 1 heterocycles. The second-order valence-corrected chi connectivity index (χ2v) is 4.93. The first-order valence-electron chi connectivity index (χ1n) is 6.10.